The quantitative estimate of drug-likeness (QED) is 0.666. The maximum atomic E-state index is 10.9. The van der Waals surface area contributed by atoms with Crippen molar-refractivity contribution in [3.8, 4) is 0 Å². The van der Waals surface area contributed by atoms with Crippen LogP contribution in [0.3, 0.4) is 0 Å². The first-order valence-corrected chi connectivity index (χ1v) is 5.80. The van der Waals surface area contributed by atoms with Crippen LogP contribution in [0.4, 0.5) is 0 Å². The summed E-state index contributed by atoms with van der Waals surface area (Å²) >= 11 is 0. The van der Waals surface area contributed by atoms with Crippen LogP contribution in [-0.2, 0) is 4.79 Å². The van der Waals surface area contributed by atoms with Gasteiger partial charge in [-0.1, -0.05) is 25.7 Å². The van der Waals surface area contributed by atoms with Gasteiger partial charge >= 0.3 is 0 Å². The molecule has 15 heavy (non-hydrogen) atoms. The molecule has 4 heteroatoms. The maximum absolute atomic E-state index is 10.9. The number of carbonyl (C=O) groups is 1. The molecular weight excluding hydrogens is 190 g/mol. The molecule has 88 valence electrons. The van der Waals surface area contributed by atoms with Crippen LogP contribution in [0.2, 0.25) is 0 Å². The first-order chi connectivity index (χ1) is 7.10. The normalized spacial score (nSPS) is 21.3. The monoisotopic (exact) mass is 213 g/mol. The van der Waals surface area contributed by atoms with Gasteiger partial charge in [-0.15, -0.1) is 0 Å². The third-order valence-electron chi connectivity index (χ3n) is 3.62. The Morgan fingerprint density at radius 2 is 1.80 bits per heavy atom. The van der Waals surface area contributed by atoms with Crippen molar-refractivity contribution in [2.75, 3.05) is 20.1 Å². The Kier molecular flexibility index (Phi) is 4.54. The highest BCUT2D eigenvalue weighted by Gasteiger charge is 2.33. The summed E-state index contributed by atoms with van der Waals surface area (Å²) in [7, 11) is 1.96. The molecule has 1 aliphatic carbocycles. The van der Waals surface area contributed by atoms with E-state index in [1.165, 1.54) is 25.7 Å². The Morgan fingerprint density at radius 1 is 1.27 bits per heavy atom. The smallest absolute Gasteiger partial charge is 0.231 e. The molecule has 0 aromatic heterocycles. The van der Waals surface area contributed by atoms with Crippen molar-refractivity contribution in [2.24, 2.45) is 11.5 Å². The van der Waals surface area contributed by atoms with Gasteiger partial charge in [0.05, 0.1) is 6.54 Å². The average molecular weight is 213 g/mol. The van der Waals surface area contributed by atoms with Crippen molar-refractivity contribution >= 4 is 5.91 Å². The fourth-order valence-corrected chi connectivity index (χ4v) is 2.53. The highest BCUT2D eigenvalue weighted by Crippen LogP contribution is 2.30. The van der Waals surface area contributed by atoms with E-state index < -0.39 is 0 Å². The van der Waals surface area contributed by atoms with Gasteiger partial charge in [-0.05, 0) is 19.9 Å². The number of carbonyl (C=O) groups excluding carboxylic acids is 1. The fourth-order valence-electron chi connectivity index (χ4n) is 2.53. The standard InChI is InChI=1S/C11H23N3O/c1-14(8-10(13)15)11(9-12)6-4-2-3-5-7-11/h2-9,12H2,1H3,(H2,13,15). The van der Waals surface area contributed by atoms with Gasteiger partial charge in [-0.3, -0.25) is 9.69 Å². The molecule has 0 radical (unpaired) electrons. The zero-order valence-electron chi connectivity index (χ0n) is 9.67. The predicted molar refractivity (Wildman–Crippen MR) is 61.3 cm³/mol. The second-order valence-electron chi connectivity index (χ2n) is 4.67. The molecular formula is C11H23N3O. The number of primary amides is 1. The number of nitrogens with zero attached hydrogens (tertiary/aromatic N) is 1. The first kappa shape index (κ1) is 12.5. The third kappa shape index (κ3) is 3.18. The molecule has 1 fully saturated rings. The summed E-state index contributed by atoms with van der Waals surface area (Å²) in [6.07, 6.45) is 7.17. The van der Waals surface area contributed by atoms with Crippen molar-refractivity contribution in [1.29, 1.82) is 0 Å². The molecule has 4 N–H and O–H groups in total. The summed E-state index contributed by atoms with van der Waals surface area (Å²) in [5.41, 5.74) is 11.1. The number of likely N-dealkylation sites (N-methyl/N-ethyl adjacent to an activating group) is 1. The van der Waals surface area contributed by atoms with Gasteiger partial charge in [-0.25, -0.2) is 0 Å². The molecule has 0 saturated heterocycles. The van der Waals surface area contributed by atoms with Gasteiger partial charge in [0.1, 0.15) is 0 Å². The molecule has 0 aliphatic heterocycles. The van der Waals surface area contributed by atoms with E-state index in [1.54, 1.807) is 0 Å². The molecule has 4 nitrogen and oxygen atoms in total. The van der Waals surface area contributed by atoms with Crippen LogP contribution in [0.1, 0.15) is 38.5 Å². The van der Waals surface area contributed by atoms with Crippen molar-refractivity contribution in [2.45, 2.75) is 44.1 Å². The van der Waals surface area contributed by atoms with Gasteiger partial charge in [-0.2, -0.15) is 0 Å². The average Bonchev–Trinajstić information content (AvgIpc) is 2.42. The van der Waals surface area contributed by atoms with E-state index in [-0.39, 0.29) is 11.4 Å². The molecule has 1 aliphatic rings. The second kappa shape index (κ2) is 5.47. The Labute approximate surface area is 92.0 Å². The Morgan fingerprint density at radius 3 is 2.20 bits per heavy atom. The molecule has 1 rings (SSSR count). The Balaban J connectivity index is 2.67. The number of nitrogens with two attached hydrogens (primary N) is 2. The minimum atomic E-state index is -0.269. The molecule has 0 spiro atoms. The van der Waals surface area contributed by atoms with Crippen LogP contribution < -0.4 is 11.5 Å². The number of hydrogen-bond donors (Lipinski definition) is 2. The highest BCUT2D eigenvalue weighted by atomic mass is 16.1. The zero-order chi connectivity index (χ0) is 11.3. The van der Waals surface area contributed by atoms with Crippen LogP contribution >= 0.6 is 0 Å². The van der Waals surface area contributed by atoms with Crippen LogP contribution in [0.25, 0.3) is 0 Å². The number of hydrogen-bond acceptors (Lipinski definition) is 3. The van der Waals surface area contributed by atoms with Crippen LogP contribution in [0.5, 0.6) is 0 Å². The van der Waals surface area contributed by atoms with E-state index in [4.69, 9.17) is 11.5 Å². The summed E-state index contributed by atoms with van der Waals surface area (Å²) in [5.74, 6) is -0.269. The first-order valence-electron chi connectivity index (χ1n) is 5.80. The summed E-state index contributed by atoms with van der Waals surface area (Å²) in [4.78, 5) is 13.0. The molecule has 0 heterocycles. The van der Waals surface area contributed by atoms with E-state index in [2.05, 4.69) is 4.90 Å². The minimum Gasteiger partial charge on any atom is -0.369 e. The Hall–Kier alpha value is -0.610. The molecule has 1 saturated carbocycles. The van der Waals surface area contributed by atoms with Crippen molar-refractivity contribution in [3.05, 3.63) is 0 Å². The second-order valence-corrected chi connectivity index (χ2v) is 4.67. The number of rotatable bonds is 4. The molecule has 0 bridgehead atoms. The molecule has 0 unspecified atom stereocenters. The lowest BCUT2D eigenvalue weighted by Crippen LogP contribution is -2.54. The molecule has 0 aromatic carbocycles. The summed E-state index contributed by atoms with van der Waals surface area (Å²) in [6, 6.07) is 0. The van der Waals surface area contributed by atoms with Crippen LogP contribution in [-0.4, -0.2) is 36.5 Å². The summed E-state index contributed by atoms with van der Waals surface area (Å²) in [6.45, 7) is 0.938. The van der Waals surface area contributed by atoms with Gasteiger partial charge in [0.15, 0.2) is 0 Å². The van der Waals surface area contributed by atoms with E-state index >= 15 is 0 Å². The van der Waals surface area contributed by atoms with E-state index in [0.717, 1.165) is 12.8 Å². The number of amides is 1. The van der Waals surface area contributed by atoms with Crippen LogP contribution in [0.15, 0.2) is 0 Å². The largest absolute Gasteiger partial charge is 0.369 e. The minimum absolute atomic E-state index is 0.00549. The summed E-state index contributed by atoms with van der Waals surface area (Å²) in [5, 5.41) is 0. The lowest BCUT2D eigenvalue weighted by molar-refractivity contribution is -0.120. The van der Waals surface area contributed by atoms with Gasteiger partial charge in [0.25, 0.3) is 0 Å². The SMILES string of the molecule is CN(CC(N)=O)C1(CN)CCCCCC1. The Bertz CT molecular complexity index is 210. The lowest BCUT2D eigenvalue weighted by atomic mass is 9.88. The third-order valence-corrected chi connectivity index (χ3v) is 3.62. The van der Waals surface area contributed by atoms with E-state index in [0.29, 0.717) is 13.1 Å². The molecule has 0 aromatic rings. The van der Waals surface area contributed by atoms with Crippen molar-refractivity contribution in [1.82, 2.24) is 4.90 Å². The van der Waals surface area contributed by atoms with Crippen LogP contribution in [0, 0.1) is 0 Å². The maximum Gasteiger partial charge on any atom is 0.231 e. The summed E-state index contributed by atoms with van der Waals surface area (Å²) < 4.78 is 0. The van der Waals surface area contributed by atoms with Crippen molar-refractivity contribution < 1.29 is 4.79 Å². The predicted octanol–water partition coefficient (Wildman–Crippen LogP) is 0.455. The molecule has 0 atom stereocenters. The highest BCUT2D eigenvalue weighted by molar-refractivity contribution is 5.76. The topological polar surface area (TPSA) is 72.3 Å². The lowest BCUT2D eigenvalue weighted by Gasteiger charge is -2.40. The van der Waals surface area contributed by atoms with Crippen molar-refractivity contribution in [3.63, 3.8) is 0 Å². The van der Waals surface area contributed by atoms with Gasteiger partial charge < -0.3 is 11.5 Å². The van der Waals surface area contributed by atoms with Gasteiger partial charge in [0.2, 0.25) is 5.91 Å². The fraction of sp³-hybridized carbons (Fsp3) is 0.909. The van der Waals surface area contributed by atoms with Gasteiger partial charge in [0, 0.05) is 12.1 Å². The zero-order valence-corrected chi connectivity index (χ0v) is 9.67. The molecule has 1 amide bonds. The van der Waals surface area contributed by atoms with E-state index in [9.17, 15) is 4.79 Å². The van der Waals surface area contributed by atoms with E-state index in [1.807, 2.05) is 7.05 Å².